The first-order valence-electron chi connectivity index (χ1n) is 25.7. The van der Waals surface area contributed by atoms with E-state index in [9.17, 15) is 0 Å². The van der Waals surface area contributed by atoms with Gasteiger partial charge in [0.05, 0.1) is 5.41 Å². The Bertz CT molecular complexity index is 4200. The minimum Gasteiger partial charge on any atom is -0.456 e. The van der Waals surface area contributed by atoms with E-state index in [0.717, 1.165) is 33.6 Å². The Morgan fingerprint density at radius 2 is 0.878 bits per heavy atom. The van der Waals surface area contributed by atoms with Gasteiger partial charge >= 0.3 is 0 Å². The molecule has 1 aliphatic heterocycles. The number of rotatable bonds is 8. The van der Waals surface area contributed by atoms with Gasteiger partial charge in [0.1, 0.15) is 11.2 Å². The van der Waals surface area contributed by atoms with Crippen molar-refractivity contribution in [1.82, 2.24) is 0 Å². The first kappa shape index (κ1) is 42.4. The molecule has 0 atom stereocenters. The monoisotopic (exact) mass is 957 g/mol. The maximum absolute atomic E-state index is 6.61. The number of benzene rings is 12. The Labute approximate surface area is 431 Å². The molecule has 1 aliphatic carbocycles. The van der Waals surface area contributed by atoms with Crippen molar-refractivity contribution in [3.05, 3.63) is 307 Å². The Morgan fingerprint density at radius 1 is 0.338 bits per heavy atom. The van der Waals surface area contributed by atoms with Crippen LogP contribution in [0.15, 0.2) is 290 Å². The zero-order valence-corrected chi connectivity index (χ0v) is 41.5. The van der Waals surface area contributed by atoms with Crippen LogP contribution in [0.5, 0.6) is 0 Å². The standard InChI is InChI=1S/C71H47NOSi/c1-6-20-51(21-7-1)71(52-22-8-2-9-23-52)62-32-18-16-30-58(62)59-42-41-55(47-63(59)71)72(53-24-10-3-11-25-53)54-39-34-48(35-40-54)50-38-44-66-61(46-50)70-67(74(66,56-26-12-4-13-27-56)57-28-14-5-15-29-57)45-37-49-36-43-65-69(68(49)70)60-31-17-19-33-64(60)73-65/h1-47H. The van der Waals surface area contributed by atoms with Gasteiger partial charge in [-0.1, -0.05) is 231 Å². The highest BCUT2D eigenvalue weighted by atomic mass is 28.3. The van der Waals surface area contributed by atoms with Crippen molar-refractivity contribution in [2.45, 2.75) is 5.41 Å². The van der Waals surface area contributed by atoms with Crippen molar-refractivity contribution in [1.29, 1.82) is 0 Å². The highest BCUT2D eigenvalue weighted by molar-refractivity contribution is 7.22. The number of furan rings is 1. The van der Waals surface area contributed by atoms with E-state index < -0.39 is 13.5 Å². The maximum atomic E-state index is 6.61. The van der Waals surface area contributed by atoms with Crippen molar-refractivity contribution >= 4 is 78.6 Å². The molecule has 74 heavy (non-hydrogen) atoms. The van der Waals surface area contributed by atoms with E-state index in [0.29, 0.717) is 0 Å². The largest absolute Gasteiger partial charge is 0.456 e. The summed E-state index contributed by atoms with van der Waals surface area (Å²) in [6.45, 7) is 0. The van der Waals surface area contributed by atoms with Crippen LogP contribution in [0.4, 0.5) is 17.1 Å². The summed E-state index contributed by atoms with van der Waals surface area (Å²) in [5.74, 6) is 0. The number of para-hydroxylation sites is 2. The van der Waals surface area contributed by atoms with Gasteiger partial charge in [0.15, 0.2) is 8.07 Å². The molecule has 13 aromatic rings. The molecule has 0 bridgehead atoms. The van der Waals surface area contributed by atoms with E-state index in [1.165, 1.54) is 92.5 Å². The minimum atomic E-state index is -2.82. The molecule has 2 aliphatic rings. The van der Waals surface area contributed by atoms with E-state index >= 15 is 0 Å². The minimum absolute atomic E-state index is 0.508. The summed E-state index contributed by atoms with van der Waals surface area (Å²) in [5, 5.41) is 10.4. The summed E-state index contributed by atoms with van der Waals surface area (Å²) in [7, 11) is -2.82. The first-order chi connectivity index (χ1) is 36.7. The normalized spacial score (nSPS) is 13.6. The van der Waals surface area contributed by atoms with E-state index in [4.69, 9.17) is 4.42 Å². The summed E-state index contributed by atoms with van der Waals surface area (Å²) < 4.78 is 6.61. The van der Waals surface area contributed by atoms with Crippen molar-refractivity contribution in [2.75, 3.05) is 4.90 Å². The third-order valence-electron chi connectivity index (χ3n) is 16.2. The van der Waals surface area contributed by atoms with Crippen LogP contribution < -0.4 is 25.6 Å². The van der Waals surface area contributed by atoms with Gasteiger partial charge in [-0.05, 0) is 136 Å². The summed E-state index contributed by atoms with van der Waals surface area (Å²) in [6.07, 6.45) is 0. The predicted octanol–water partition coefficient (Wildman–Crippen LogP) is 15.6. The van der Waals surface area contributed by atoms with Crippen LogP contribution in [-0.4, -0.2) is 8.07 Å². The predicted molar refractivity (Wildman–Crippen MR) is 311 cm³/mol. The molecular weight excluding hydrogens is 911 g/mol. The number of hydrogen-bond acceptors (Lipinski definition) is 2. The Kier molecular flexibility index (Phi) is 9.54. The second-order valence-electron chi connectivity index (χ2n) is 19.8. The molecule has 1 aromatic heterocycles. The van der Waals surface area contributed by atoms with Gasteiger partial charge in [0.2, 0.25) is 0 Å². The molecule has 2 heterocycles. The summed E-state index contributed by atoms with van der Waals surface area (Å²) in [5.41, 5.74) is 17.2. The molecule has 0 amide bonds. The fourth-order valence-corrected chi connectivity index (χ4v) is 18.3. The van der Waals surface area contributed by atoms with Crippen LogP contribution in [0, 0.1) is 0 Å². The van der Waals surface area contributed by atoms with Gasteiger partial charge in [0.25, 0.3) is 0 Å². The quantitative estimate of drug-likeness (QED) is 0.141. The van der Waals surface area contributed by atoms with Gasteiger partial charge in [0, 0.05) is 33.2 Å². The number of anilines is 3. The molecule has 15 rings (SSSR count). The SMILES string of the molecule is c1ccc(N(c2ccc(-c3ccc4c(c3)-c3c(ccc5ccc6oc7ccccc7c6c35)[Si]4(c3ccccc3)c3ccccc3)cc2)c2ccc3c(c2)C(c2ccccc2)(c2ccccc2)c2ccccc2-3)cc1. The molecular formula is C71H47NOSi. The summed E-state index contributed by atoms with van der Waals surface area (Å²) in [6, 6.07) is 106. The third-order valence-corrected chi connectivity index (χ3v) is 21.1. The number of fused-ring (bicyclic) bond motifs is 12. The molecule has 0 unspecified atom stereocenters. The van der Waals surface area contributed by atoms with Crippen LogP contribution in [0.25, 0.3) is 66.1 Å². The molecule has 2 nitrogen and oxygen atoms in total. The number of hydrogen-bond donors (Lipinski definition) is 0. The zero-order chi connectivity index (χ0) is 48.8. The van der Waals surface area contributed by atoms with Crippen molar-refractivity contribution < 1.29 is 4.42 Å². The molecule has 3 heteroatoms. The Hall–Kier alpha value is -9.28. The lowest BCUT2D eigenvalue weighted by molar-refractivity contribution is 0.669. The number of nitrogens with zero attached hydrogens (tertiary/aromatic N) is 1. The van der Waals surface area contributed by atoms with Crippen LogP contribution in [-0.2, 0) is 5.41 Å². The van der Waals surface area contributed by atoms with E-state index in [-0.39, 0.29) is 0 Å². The average Bonchev–Trinajstić information content (AvgIpc) is 4.16. The lowest BCUT2D eigenvalue weighted by Gasteiger charge is -2.35. The van der Waals surface area contributed by atoms with Gasteiger partial charge in [-0.15, -0.1) is 0 Å². The van der Waals surface area contributed by atoms with E-state index in [2.05, 4.69) is 290 Å². The van der Waals surface area contributed by atoms with E-state index in [1.54, 1.807) is 0 Å². The van der Waals surface area contributed by atoms with Gasteiger partial charge in [-0.25, -0.2) is 0 Å². The first-order valence-corrected chi connectivity index (χ1v) is 27.7. The highest BCUT2D eigenvalue weighted by Crippen LogP contribution is 2.57. The topological polar surface area (TPSA) is 16.4 Å². The zero-order valence-electron chi connectivity index (χ0n) is 40.5. The fraction of sp³-hybridized carbons (Fsp3) is 0.0141. The molecule has 0 radical (unpaired) electrons. The molecule has 346 valence electrons. The fourth-order valence-electron chi connectivity index (χ4n) is 13.2. The summed E-state index contributed by atoms with van der Waals surface area (Å²) in [4.78, 5) is 2.42. The van der Waals surface area contributed by atoms with Crippen molar-refractivity contribution in [2.24, 2.45) is 0 Å². The second kappa shape index (κ2) is 16.6. The molecule has 0 spiro atoms. The van der Waals surface area contributed by atoms with Crippen LogP contribution >= 0.6 is 0 Å². The second-order valence-corrected chi connectivity index (χ2v) is 23.6. The molecule has 12 aromatic carbocycles. The molecule has 0 saturated heterocycles. The van der Waals surface area contributed by atoms with Crippen LogP contribution in [0.3, 0.4) is 0 Å². The van der Waals surface area contributed by atoms with Crippen LogP contribution in [0.1, 0.15) is 22.3 Å². The van der Waals surface area contributed by atoms with Gasteiger partial charge in [-0.2, -0.15) is 0 Å². The average molecular weight is 958 g/mol. The third kappa shape index (κ3) is 6.05. The maximum Gasteiger partial charge on any atom is 0.180 e. The molecule has 0 saturated carbocycles. The molecule has 0 fully saturated rings. The highest BCUT2D eigenvalue weighted by Gasteiger charge is 2.50. The van der Waals surface area contributed by atoms with E-state index in [1.807, 2.05) is 0 Å². The van der Waals surface area contributed by atoms with Gasteiger partial charge < -0.3 is 9.32 Å². The smallest absolute Gasteiger partial charge is 0.180 e. The lowest BCUT2D eigenvalue weighted by atomic mass is 9.67. The lowest BCUT2D eigenvalue weighted by Crippen LogP contribution is -2.72. The Balaban J connectivity index is 0.917. The van der Waals surface area contributed by atoms with Gasteiger partial charge in [-0.3, -0.25) is 0 Å². The Morgan fingerprint density at radius 3 is 1.58 bits per heavy atom. The van der Waals surface area contributed by atoms with Crippen molar-refractivity contribution in [3.63, 3.8) is 0 Å². The summed E-state index contributed by atoms with van der Waals surface area (Å²) >= 11 is 0. The molecule has 0 N–H and O–H groups in total. The van der Waals surface area contributed by atoms with Crippen molar-refractivity contribution in [3.8, 4) is 33.4 Å². The van der Waals surface area contributed by atoms with Crippen LogP contribution in [0.2, 0.25) is 0 Å².